The van der Waals surface area contributed by atoms with E-state index >= 15 is 0 Å². The number of hydrogen-bond acceptors (Lipinski definition) is 6. The van der Waals surface area contributed by atoms with E-state index < -0.39 is 18.0 Å². The van der Waals surface area contributed by atoms with Gasteiger partial charge in [0.2, 0.25) is 6.10 Å². The highest BCUT2D eigenvalue weighted by Gasteiger charge is 2.26. The number of amides is 1. The zero-order valence-corrected chi connectivity index (χ0v) is 17.7. The van der Waals surface area contributed by atoms with Gasteiger partial charge in [-0.1, -0.05) is 78.0 Å². The standard InChI is InChI=1S/C26H20N2O5/c1-17-16-22(28-33-17)27-25(30)24(20-10-6-3-7-11-20)32-26(31)21-14-12-19(13-15-21)23(29)18-8-4-2-5-9-18/h2-16,24H,1H3,(H,27,28,30). The van der Waals surface area contributed by atoms with Gasteiger partial charge >= 0.3 is 5.97 Å². The summed E-state index contributed by atoms with van der Waals surface area (Å²) in [5.74, 6) is -0.672. The van der Waals surface area contributed by atoms with E-state index in [1.54, 1.807) is 79.7 Å². The predicted molar refractivity (Wildman–Crippen MR) is 121 cm³/mol. The summed E-state index contributed by atoms with van der Waals surface area (Å²) >= 11 is 0. The maximum Gasteiger partial charge on any atom is 0.339 e. The highest BCUT2D eigenvalue weighted by atomic mass is 16.5. The predicted octanol–water partition coefficient (Wildman–Crippen LogP) is 4.75. The van der Waals surface area contributed by atoms with Crippen molar-refractivity contribution in [2.75, 3.05) is 5.32 Å². The molecule has 3 aromatic carbocycles. The lowest BCUT2D eigenvalue weighted by molar-refractivity contribution is -0.125. The second-order valence-corrected chi connectivity index (χ2v) is 7.28. The SMILES string of the molecule is Cc1cc(NC(=O)C(OC(=O)c2ccc(C(=O)c3ccccc3)cc2)c2ccccc2)no1. The Kier molecular flexibility index (Phi) is 6.40. The summed E-state index contributed by atoms with van der Waals surface area (Å²) in [4.78, 5) is 38.3. The lowest BCUT2D eigenvalue weighted by atomic mass is 10.0. The van der Waals surface area contributed by atoms with E-state index in [4.69, 9.17) is 9.26 Å². The van der Waals surface area contributed by atoms with Crippen LogP contribution in [0.3, 0.4) is 0 Å². The van der Waals surface area contributed by atoms with E-state index in [1.807, 2.05) is 6.07 Å². The molecule has 164 valence electrons. The van der Waals surface area contributed by atoms with Crippen molar-refractivity contribution >= 4 is 23.5 Å². The Balaban J connectivity index is 1.51. The van der Waals surface area contributed by atoms with E-state index in [0.29, 0.717) is 22.5 Å². The summed E-state index contributed by atoms with van der Waals surface area (Å²) < 4.78 is 10.5. The number of aromatic nitrogens is 1. The molecular weight excluding hydrogens is 420 g/mol. The third-order valence-electron chi connectivity index (χ3n) is 4.86. The van der Waals surface area contributed by atoms with Gasteiger partial charge in [-0.25, -0.2) is 4.79 Å². The van der Waals surface area contributed by atoms with Crippen LogP contribution >= 0.6 is 0 Å². The van der Waals surface area contributed by atoms with Crippen LogP contribution in [0.5, 0.6) is 0 Å². The monoisotopic (exact) mass is 440 g/mol. The largest absolute Gasteiger partial charge is 0.444 e. The number of hydrogen-bond donors (Lipinski definition) is 1. The summed E-state index contributed by atoms with van der Waals surface area (Å²) in [6.07, 6.45) is -1.21. The molecule has 4 rings (SSSR count). The number of ketones is 1. The normalized spacial score (nSPS) is 11.4. The molecule has 1 aromatic heterocycles. The fourth-order valence-corrected chi connectivity index (χ4v) is 3.21. The molecule has 0 aliphatic rings. The maximum absolute atomic E-state index is 12.9. The molecule has 1 heterocycles. The van der Waals surface area contributed by atoms with Gasteiger partial charge in [0.1, 0.15) is 5.76 Å². The first-order valence-electron chi connectivity index (χ1n) is 10.2. The summed E-state index contributed by atoms with van der Waals surface area (Å²) in [7, 11) is 0. The molecular formula is C26H20N2O5. The van der Waals surface area contributed by atoms with Crippen molar-refractivity contribution in [3.05, 3.63) is 119 Å². The molecule has 0 saturated carbocycles. The molecule has 0 spiro atoms. The maximum atomic E-state index is 12.9. The van der Waals surface area contributed by atoms with Crippen molar-refractivity contribution in [1.29, 1.82) is 0 Å². The Morgan fingerprint density at radius 3 is 2.00 bits per heavy atom. The Morgan fingerprint density at radius 2 is 1.39 bits per heavy atom. The number of anilines is 1. The second-order valence-electron chi connectivity index (χ2n) is 7.28. The number of aryl methyl sites for hydroxylation is 1. The molecule has 1 N–H and O–H groups in total. The fourth-order valence-electron chi connectivity index (χ4n) is 3.21. The molecule has 7 heteroatoms. The highest BCUT2D eigenvalue weighted by molar-refractivity contribution is 6.09. The number of carbonyl (C=O) groups is 3. The van der Waals surface area contributed by atoms with Crippen LogP contribution in [0.4, 0.5) is 5.82 Å². The average molecular weight is 440 g/mol. The number of ether oxygens (including phenoxy) is 1. The number of benzene rings is 3. The van der Waals surface area contributed by atoms with E-state index in [0.717, 1.165) is 0 Å². The van der Waals surface area contributed by atoms with Crippen LogP contribution < -0.4 is 5.32 Å². The Labute approximate surface area is 190 Å². The van der Waals surface area contributed by atoms with Crippen LogP contribution in [-0.2, 0) is 9.53 Å². The third-order valence-corrected chi connectivity index (χ3v) is 4.86. The number of esters is 1. The van der Waals surface area contributed by atoms with Gasteiger partial charge in [-0.05, 0) is 19.1 Å². The van der Waals surface area contributed by atoms with Gasteiger partial charge in [0, 0.05) is 22.8 Å². The van der Waals surface area contributed by atoms with Crippen LogP contribution in [0, 0.1) is 6.92 Å². The highest BCUT2D eigenvalue weighted by Crippen LogP contribution is 2.22. The van der Waals surface area contributed by atoms with Gasteiger partial charge in [0.15, 0.2) is 11.6 Å². The van der Waals surface area contributed by atoms with Gasteiger partial charge < -0.3 is 14.6 Å². The summed E-state index contributed by atoms with van der Waals surface area (Å²) in [5.41, 5.74) is 1.71. The van der Waals surface area contributed by atoms with Gasteiger partial charge in [0.25, 0.3) is 5.91 Å². The van der Waals surface area contributed by atoms with Gasteiger partial charge in [-0.2, -0.15) is 0 Å². The summed E-state index contributed by atoms with van der Waals surface area (Å²) in [6, 6.07) is 25.2. The molecule has 7 nitrogen and oxygen atoms in total. The number of carbonyl (C=O) groups excluding carboxylic acids is 3. The van der Waals surface area contributed by atoms with Crippen molar-refractivity contribution < 1.29 is 23.6 Å². The van der Waals surface area contributed by atoms with Crippen molar-refractivity contribution in [3.8, 4) is 0 Å². The topological polar surface area (TPSA) is 98.5 Å². The third kappa shape index (κ3) is 5.22. The quantitative estimate of drug-likeness (QED) is 0.329. The molecule has 0 aliphatic heterocycles. The second kappa shape index (κ2) is 9.74. The molecule has 0 bridgehead atoms. The van der Waals surface area contributed by atoms with Crippen molar-refractivity contribution in [3.63, 3.8) is 0 Å². The van der Waals surface area contributed by atoms with E-state index in [-0.39, 0.29) is 17.2 Å². The minimum atomic E-state index is -1.21. The first-order valence-corrected chi connectivity index (χ1v) is 10.2. The molecule has 0 radical (unpaired) electrons. The summed E-state index contributed by atoms with van der Waals surface area (Å²) in [6.45, 7) is 1.70. The van der Waals surface area contributed by atoms with Crippen LogP contribution in [-0.4, -0.2) is 22.8 Å². The Hall–Kier alpha value is -4.52. The lowest BCUT2D eigenvalue weighted by Crippen LogP contribution is -2.26. The smallest absolute Gasteiger partial charge is 0.339 e. The number of rotatable bonds is 7. The molecule has 0 fully saturated rings. The van der Waals surface area contributed by atoms with Gasteiger partial charge in [-0.15, -0.1) is 0 Å². The Morgan fingerprint density at radius 1 is 0.818 bits per heavy atom. The minimum Gasteiger partial charge on any atom is -0.444 e. The fraction of sp³-hybridized carbons (Fsp3) is 0.0769. The zero-order valence-electron chi connectivity index (χ0n) is 17.7. The minimum absolute atomic E-state index is 0.153. The molecule has 4 aromatic rings. The zero-order chi connectivity index (χ0) is 23.2. The van der Waals surface area contributed by atoms with Crippen molar-refractivity contribution in [2.24, 2.45) is 0 Å². The average Bonchev–Trinajstić information content (AvgIpc) is 3.27. The molecule has 0 saturated heterocycles. The molecule has 33 heavy (non-hydrogen) atoms. The van der Waals surface area contributed by atoms with Crippen LogP contribution in [0.25, 0.3) is 0 Å². The van der Waals surface area contributed by atoms with Gasteiger partial charge in [0.05, 0.1) is 5.56 Å². The first-order chi connectivity index (χ1) is 16.0. The van der Waals surface area contributed by atoms with Crippen molar-refractivity contribution in [1.82, 2.24) is 5.16 Å². The van der Waals surface area contributed by atoms with E-state index in [1.165, 1.54) is 12.1 Å². The molecule has 1 unspecified atom stereocenters. The molecule has 0 aliphatic carbocycles. The Bertz CT molecular complexity index is 1270. The molecule has 1 atom stereocenters. The van der Waals surface area contributed by atoms with E-state index in [9.17, 15) is 14.4 Å². The van der Waals surface area contributed by atoms with Crippen LogP contribution in [0.2, 0.25) is 0 Å². The summed E-state index contributed by atoms with van der Waals surface area (Å²) in [5, 5.41) is 6.34. The molecule has 1 amide bonds. The number of nitrogens with zero attached hydrogens (tertiary/aromatic N) is 1. The van der Waals surface area contributed by atoms with Gasteiger partial charge in [-0.3, -0.25) is 9.59 Å². The van der Waals surface area contributed by atoms with E-state index in [2.05, 4.69) is 10.5 Å². The van der Waals surface area contributed by atoms with Crippen LogP contribution in [0.15, 0.2) is 95.5 Å². The van der Waals surface area contributed by atoms with Crippen LogP contribution in [0.1, 0.15) is 43.7 Å². The number of nitrogens with one attached hydrogen (secondary N) is 1. The lowest BCUT2D eigenvalue weighted by Gasteiger charge is -2.17. The first kappa shape index (κ1) is 21.7. The van der Waals surface area contributed by atoms with Crippen molar-refractivity contribution in [2.45, 2.75) is 13.0 Å².